The fourth-order valence-corrected chi connectivity index (χ4v) is 3.18. The molecule has 2 aromatic rings. The molecule has 0 fully saturated rings. The van der Waals surface area contributed by atoms with Crippen molar-refractivity contribution in [2.24, 2.45) is 0 Å². The summed E-state index contributed by atoms with van der Waals surface area (Å²) in [5, 5.41) is 3.64. The van der Waals surface area contributed by atoms with Crippen LogP contribution in [0.25, 0.3) is 0 Å². The summed E-state index contributed by atoms with van der Waals surface area (Å²) in [5.41, 5.74) is 7.00. The van der Waals surface area contributed by atoms with Crippen molar-refractivity contribution in [3.63, 3.8) is 0 Å². The number of nitrogens with zero attached hydrogens (tertiary/aromatic N) is 1. The second kappa shape index (κ2) is 5.90. The average molecular weight is 280 g/mol. The van der Waals surface area contributed by atoms with E-state index in [1.807, 2.05) is 0 Å². The molecule has 2 heteroatoms. The average Bonchev–Trinajstić information content (AvgIpc) is 2.86. The quantitative estimate of drug-likeness (QED) is 0.915. The molecule has 2 aromatic carbocycles. The van der Waals surface area contributed by atoms with E-state index in [0.29, 0.717) is 6.04 Å². The number of benzene rings is 2. The first kappa shape index (κ1) is 14.2. The zero-order valence-corrected chi connectivity index (χ0v) is 13.2. The van der Waals surface area contributed by atoms with Crippen LogP contribution in [0.5, 0.6) is 0 Å². The highest BCUT2D eigenvalue weighted by Crippen LogP contribution is 2.27. The van der Waals surface area contributed by atoms with Crippen LogP contribution in [-0.4, -0.2) is 13.6 Å². The minimum absolute atomic E-state index is 0.377. The Labute approximate surface area is 127 Å². The van der Waals surface area contributed by atoms with Gasteiger partial charge in [-0.1, -0.05) is 36.4 Å². The lowest BCUT2D eigenvalue weighted by Crippen LogP contribution is -2.19. The van der Waals surface area contributed by atoms with Gasteiger partial charge in [-0.05, 0) is 48.6 Å². The lowest BCUT2D eigenvalue weighted by Gasteiger charge is -2.17. The van der Waals surface area contributed by atoms with Crippen LogP contribution < -0.4 is 10.2 Å². The molecule has 2 nitrogen and oxygen atoms in total. The summed E-state index contributed by atoms with van der Waals surface area (Å²) in [7, 11) is 2.17. The van der Waals surface area contributed by atoms with Gasteiger partial charge in [-0.25, -0.2) is 0 Å². The van der Waals surface area contributed by atoms with Gasteiger partial charge in [-0.15, -0.1) is 0 Å². The largest absolute Gasteiger partial charge is 0.374 e. The third kappa shape index (κ3) is 2.96. The Balaban J connectivity index is 1.67. The first-order chi connectivity index (χ1) is 10.1. The zero-order valence-electron chi connectivity index (χ0n) is 13.2. The minimum atomic E-state index is 0.377. The summed E-state index contributed by atoms with van der Waals surface area (Å²) in [6, 6.07) is 15.9. The molecule has 1 atom stereocenters. The van der Waals surface area contributed by atoms with Crippen molar-refractivity contribution in [2.45, 2.75) is 32.9 Å². The second-order valence-electron chi connectivity index (χ2n) is 6.09. The van der Waals surface area contributed by atoms with Crippen LogP contribution in [-0.2, 0) is 13.0 Å². The Hall–Kier alpha value is -1.80. The van der Waals surface area contributed by atoms with Gasteiger partial charge in [0, 0.05) is 31.9 Å². The van der Waals surface area contributed by atoms with E-state index in [1.165, 1.54) is 34.4 Å². The highest BCUT2D eigenvalue weighted by atomic mass is 15.1. The Bertz CT molecular complexity index is 633. The number of hydrogen-bond acceptors (Lipinski definition) is 2. The number of nitrogens with one attached hydrogen (secondary N) is 1. The molecular formula is C19H24N2. The smallest absolute Gasteiger partial charge is 0.0397 e. The summed E-state index contributed by atoms with van der Waals surface area (Å²) in [4.78, 5) is 2.34. The normalized spacial score (nSPS) is 15.1. The summed E-state index contributed by atoms with van der Waals surface area (Å²) in [6.45, 7) is 6.49. The van der Waals surface area contributed by atoms with Crippen LogP contribution in [0.3, 0.4) is 0 Å². The summed E-state index contributed by atoms with van der Waals surface area (Å²) in [5.74, 6) is 0. The SMILES string of the molecule is Cc1ccccc1C(C)NCc1ccc2c(c1)CCN2C. The van der Waals surface area contributed by atoms with E-state index in [0.717, 1.165) is 13.1 Å². The number of rotatable bonds is 4. The molecule has 0 bridgehead atoms. The van der Waals surface area contributed by atoms with Crippen molar-refractivity contribution < 1.29 is 0 Å². The third-order valence-electron chi connectivity index (χ3n) is 4.54. The molecule has 0 saturated carbocycles. The van der Waals surface area contributed by atoms with E-state index in [-0.39, 0.29) is 0 Å². The Kier molecular flexibility index (Phi) is 3.98. The van der Waals surface area contributed by atoms with Gasteiger partial charge in [0.1, 0.15) is 0 Å². The van der Waals surface area contributed by atoms with Crippen LogP contribution in [0.2, 0.25) is 0 Å². The maximum atomic E-state index is 3.64. The van der Waals surface area contributed by atoms with Crippen LogP contribution in [0.1, 0.15) is 35.2 Å². The third-order valence-corrected chi connectivity index (χ3v) is 4.54. The van der Waals surface area contributed by atoms with Gasteiger partial charge in [0.25, 0.3) is 0 Å². The molecule has 1 unspecified atom stereocenters. The number of anilines is 1. The van der Waals surface area contributed by atoms with Gasteiger partial charge < -0.3 is 10.2 Å². The summed E-state index contributed by atoms with van der Waals surface area (Å²) in [6.07, 6.45) is 1.17. The van der Waals surface area contributed by atoms with Gasteiger partial charge in [0.05, 0.1) is 0 Å². The van der Waals surface area contributed by atoms with Crippen molar-refractivity contribution in [3.8, 4) is 0 Å². The molecule has 21 heavy (non-hydrogen) atoms. The lowest BCUT2D eigenvalue weighted by atomic mass is 10.0. The van der Waals surface area contributed by atoms with E-state index in [9.17, 15) is 0 Å². The molecule has 0 amide bonds. The molecule has 1 N–H and O–H groups in total. The first-order valence-electron chi connectivity index (χ1n) is 7.77. The van der Waals surface area contributed by atoms with Crippen LogP contribution in [0.4, 0.5) is 5.69 Å². The van der Waals surface area contributed by atoms with Crippen molar-refractivity contribution in [1.82, 2.24) is 5.32 Å². The van der Waals surface area contributed by atoms with Gasteiger partial charge in [0.15, 0.2) is 0 Å². The van der Waals surface area contributed by atoms with Crippen LogP contribution in [0, 0.1) is 6.92 Å². The minimum Gasteiger partial charge on any atom is -0.374 e. The molecule has 3 rings (SSSR count). The van der Waals surface area contributed by atoms with Crippen molar-refractivity contribution in [2.75, 3.05) is 18.5 Å². The number of hydrogen-bond donors (Lipinski definition) is 1. The topological polar surface area (TPSA) is 15.3 Å². The number of fused-ring (bicyclic) bond motifs is 1. The van der Waals surface area contributed by atoms with Crippen molar-refractivity contribution in [1.29, 1.82) is 0 Å². The molecule has 110 valence electrons. The first-order valence-corrected chi connectivity index (χ1v) is 7.77. The highest BCUT2D eigenvalue weighted by molar-refractivity contribution is 5.58. The van der Waals surface area contributed by atoms with Crippen molar-refractivity contribution >= 4 is 5.69 Å². The number of aryl methyl sites for hydroxylation is 1. The molecule has 1 aliphatic rings. The fourth-order valence-electron chi connectivity index (χ4n) is 3.18. The molecule has 1 aliphatic heterocycles. The van der Waals surface area contributed by atoms with Crippen molar-refractivity contribution in [3.05, 3.63) is 64.7 Å². The Morgan fingerprint density at radius 2 is 2.00 bits per heavy atom. The molecular weight excluding hydrogens is 256 g/mol. The van der Waals surface area contributed by atoms with Crippen LogP contribution >= 0.6 is 0 Å². The lowest BCUT2D eigenvalue weighted by molar-refractivity contribution is 0.572. The molecule has 0 aliphatic carbocycles. The predicted molar refractivity (Wildman–Crippen MR) is 89.8 cm³/mol. The molecule has 0 aromatic heterocycles. The second-order valence-corrected chi connectivity index (χ2v) is 6.09. The molecule has 0 spiro atoms. The summed E-state index contributed by atoms with van der Waals surface area (Å²) < 4.78 is 0. The molecule has 1 heterocycles. The number of likely N-dealkylation sites (N-methyl/N-ethyl adjacent to an activating group) is 1. The maximum absolute atomic E-state index is 3.64. The highest BCUT2D eigenvalue weighted by Gasteiger charge is 2.15. The monoisotopic (exact) mass is 280 g/mol. The van der Waals surface area contributed by atoms with Crippen LogP contribution in [0.15, 0.2) is 42.5 Å². The Morgan fingerprint density at radius 3 is 2.81 bits per heavy atom. The molecule has 0 saturated heterocycles. The molecule has 0 radical (unpaired) electrons. The van der Waals surface area contributed by atoms with Gasteiger partial charge in [-0.3, -0.25) is 0 Å². The van der Waals surface area contributed by atoms with Gasteiger partial charge in [0.2, 0.25) is 0 Å². The standard InChI is InChI=1S/C19H24N2/c1-14-6-4-5-7-18(14)15(2)20-13-16-8-9-19-17(12-16)10-11-21(19)3/h4-9,12,15,20H,10-11,13H2,1-3H3. The fraction of sp³-hybridized carbons (Fsp3) is 0.368. The van der Waals surface area contributed by atoms with Gasteiger partial charge in [-0.2, -0.15) is 0 Å². The maximum Gasteiger partial charge on any atom is 0.0397 e. The van der Waals surface area contributed by atoms with E-state index in [1.54, 1.807) is 0 Å². The van der Waals surface area contributed by atoms with E-state index in [2.05, 4.69) is 73.6 Å². The zero-order chi connectivity index (χ0) is 14.8. The van der Waals surface area contributed by atoms with E-state index in [4.69, 9.17) is 0 Å². The summed E-state index contributed by atoms with van der Waals surface area (Å²) >= 11 is 0. The Morgan fingerprint density at radius 1 is 1.19 bits per heavy atom. The van der Waals surface area contributed by atoms with Gasteiger partial charge >= 0.3 is 0 Å². The van der Waals surface area contributed by atoms with E-state index < -0.39 is 0 Å². The van der Waals surface area contributed by atoms with E-state index >= 15 is 0 Å². The predicted octanol–water partition coefficient (Wildman–Crippen LogP) is 3.84.